The lowest BCUT2D eigenvalue weighted by molar-refractivity contribution is -0.137. The summed E-state index contributed by atoms with van der Waals surface area (Å²) in [5.41, 5.74) is 4.25. The third-order valence-electron chi connectivity index (χ3n) is 7.23. The largest absolute Gasteiger partial charge is 0.416 e. The number of methoxy groups -OCH3 is 1. The Balaban J connectivity index is 1.55. The number of para-hydroxylation sites is 2. The first kappa shape index (κ1) is 30.6. The fourth-order valence-corrected chi connectivity index (χ4v) is 4.82. The fraction of sp³-hybridized carbons (Fsp3) is 0.312. The summed E-state index contributed by atoms with van der Waals surface area (Å²) in [6.07, 6.45) is -2.04. The van der Waals surface area contributed by atoms with Gasteiger partial charge < -0.3 is 24.8 Å². The summed E-state index contributed by atoms with van der Waals surface area (Å²) < 4.78 is 44.6. The van der Waals surface area contributed by atoms with E-state index in [4.69, 9.17) is 4.74 Å². The number of aromatic nitrogens is 1. The number of carbonyl (C=O) groups excluding carboxylic acids is 2. The first-order valence-electron chi connectivity index (χ1n) is 13.7. The van der Waals surface area contributed by atoms with E-state index in [2.05, 4.69) is 10.3 Å². The summed E-state index contributed by atoms with van der Waals surface area (Å²) in [5, 5.41) is 3.96. The number of hydrogen-bond donors (Lipinski definition) is 2. The van der Waals surface area contributed by atoms with Crippen LogP contribution >= 0.6 is 0 Å². The van der Waals surface area contributed by atoms with Crippen LogP contribution in [0.4, 0.5) is 23.7 Å². The number of urea groups is 1. The van der Waals surface area contributed by atoms with Crippen LogP contribution in [0.1, 0.15) is 27.8 Å². The molecule has 0 aliphatic carbocycles. The Labute approximate surface area is 243 Å². The van der Waals surface area contributed by atoms with Crippen LogP contribution in [0.5, 0.6) is 0 Å². The molecular formula is C32H35F3N4O3. The number of carbonyl (C=O) groups is 2. The van der Waals surface area contributed by atoms with E-state index in [1.807, 2.05) is 62.5 Å². The molecule has 0 fully saturated rings. The molecule has 0 saturated heterocycles. The Hall–Kier alpha value is -4.31. The van der Waals surface area contributed by atoms with Crippen molar-refractivity contribution >= 4 is 28.5 Å². The average molecular weight is 581 g/mol. The van der Waals surface area contributed by atoms with Gasteiger partial charge in [-0.25, -0.2) is 4.79 Å². The molecule has 0 radical (unpaired) electrons. The summed E-state index contributed by atoms with van der Waals surface area (Å²) in [6, 6.07) is 17.9. The van der Waals surface area contributed by atoms with Crippen LogP contribution in [-0.4, -0.2) is 60.1 Å². The highest BCUT2D eigenvalue weighted by atomic mass is 19.4. The van der Waals surface area contributed by atoms with Gasteiger partial charge in [0.1, 0.15) is 6.54 Å². The number of ether oxygens (including phenoxy) is 1. The van der Waals surface area contributed by atoms with Crippen LogP contribution < -0.4 is 5.32 Å². The zero-order valence-electron chi connectivity index (χ0n) is 23.9. The molecule has 0 aliphatic heterocycles. The molecule has 3 aromatic carbocycles. The van der Waals surface area contributed by atoms with Crippen molar-refractivity contribution in [2.45, 2.75) is 33.0 Å². The Kier molecular flexibility index (Phi) is 9.90. The summed E-state index contributed by atoms with van der Waals surface area (Å²) in [7, 11) is 1.52. The minimum absolute atomic E-state index is 0.0932. The lowest BCUT2D eigenvalue weighted by Crippen LogP contribution is -2.46. The molecule has 0 atom stereocenters. The van der Waals surface area contributed by atoms with Crippen LogP contribution in [0.15, 0.2) is 72.9 Å². The summed E-state index contributed by atoms with van der Waals surface area (Å²) in [4.78, 5) is 33.3. The normalized spacial score (nSPS) is 11.5. The molecule has 4 aromatic rings. The number of alkyl halides is 3. The molecule has 10 heteroatoms. The molecule has 7 nitrogen and oxygen atoms in total. The summed E-state index contributed by atoms with van der Waals surface area (Å²) >= 11 is 0. The number of anilines is 1. The number of fused-ring (bicyclic) bond motifs is 1. The highest BCUT2D eigenvalue weighted by Crippen LogP contribution is 2.29. The molecule has 42 heavy (non-hydrogen) atoms. The van der Waals surface area contributed by atoms with Crippen molar-refractivity contribution in [2.75, 3.05) is 38.7 Å². The Morgan fingerprint density at radius 1 is 0.905 bits per heavy atom. The molecular weight excluding hydrogens is 545 g/mol. The zero-order chi connectivity index (χ0) is 30.3. The van der Waals surface area contributed by atoms with Crippen molar-refractivity contribution in [3.8, 4) is 0 Å². The van der Waals surface area contributed by atoms with Gasteiger partial charge in [0.15, 0.2) is 0 Å². The van der Waals surface area contributed by atoms with Crippen molar-refractivity contribution in [3.63, 3.8) is 0 Å². The third-order valence-corrected chi connectivity index (χ3v) is 7.23. The standard InChI is InChI=1S/C32H35F3N4O3/c1-22-7-6-8-23(2)30(22)37-31(41)39(17-18-42-3)21-29(40)38(20-24-11-13-26(14-12-24)32(33,34)35)16-15-25-19-36-28-10-5-4-9-27(25)28/h4-14,19,36H,15-18,20-21H2,1-3H3,(H,37,41). The second kappa shape index (κ2) is 13.6. The molecule has 2 N–H and O–H groups in total. The number of amides is 3. The quantitative estimate of drug-likeness (QED) is 0.211. The molecule has 3 amide bonds. The lowest BCUT2D eigenvalue weighted by Gasteiger charge is -2.28. The van der Waals surface area contributed by atoms with Crippen LogP contribution in [-0.2, 0) is 28.7 Å². The number of hydrogen-bond acceptors (Lipinski definition) is 3. The molecule has 0 aliphatic rings. The molecule has 0 saturated carbocycles. The van der Waals surface area contributed by atoms with Gasteiger partial charge in [0, 0.05) is 49.5 Å². The molecule has 222 valence electrons. The first-order valence-corrected chi connectivity index (χ1v) is 13.7. The topological polar surface area (TPSA) is 77.7 Å². The monoisotopic (exact) mass is 580 g/mol. The smallest absolute Gasteiger partial charge is 0.383 e. The van der Waals surface area contributed by atoms with E-state index in [0.717, 1.165) is 39.7 Å². The molecule has 0 spiro atoms. The number of halogens is 3. The van der Waals surface area contributed by atoms with E-state index in [1.165, 1.54) is 24.1 Å². The molecule has 0 bridgehead atoms. The number of aromatic amines is 1. The number of aryl methyl sites for hydroxylation is 2. The molecule has 4 rings (SSSR count). The number of nitrogens with zero attached hydrogens (tertiary/aromatic N) is 2. The second-order valence-corrected chi connectivity index (χ2v) is 10.2. The van der Waals surface area contributed by atoms with Gasteiger partial charge in [-0.15, -0.1) is 0 Å². The maximum atomic E-state index is 13.7. The third kappa shape index (κ3) is 7.70. The van der Waals surface area contributed by atoms with Crippen LogP contribution in [0, 0.1) is 13.8 Å². The van der Waals surface area contributed by atoms with Crippen LogP contribution in [0.3, 0.4) is 0 Å². The van der Waals surface area contributed by atoms with E-state index < -0.39 is 17.8 Å². The van der Waals surface area contributed by atoms with E-state index in [1.54, 1.807) is 4.90 Å². The SMILES string of the molecule is COCCN(CC(=O)N(CCc1c[nH]c2ccccc12)Cc1ccc(C(F)(F)F)cc1)C(=O)Nc1c(C)cccc1C. The maximum Gasteiger partial charge on any atom is 0.416 e. The van der Waals surface area contributed by atoms with E-state index in [-0.39, 0.29) is 32.1 Å². The minimum atomic E-state index is -4.45. The number of rotatable bonds is 11. The Morgan fingerprint density at radius 3 is 2.26 bits per heavy atom. The molecule has 1 heterocycles. The predicted molar refractivity (Wildman–Crippen MR) is 157 cm³/mol. The Bertz CT molecular complexity index is 1500. The fourth-order valence-electron chi connectivity index (χ4n) is 4.82. The van der Waals surface area contributed by atoms with Crippen molar-refractivity contribution in [1.82, 2.24) is 14.8 Å². The van der Waals surface area contributed by atoms with E-state index >= 15 is 0 Å². The van der Waals surface area contributed by atoms with Gasteiger partial charge in [-0.05, 0) is 60.7 Å². The lowest BCUT2D eigenvalue weighted by atomic mass is 10.1. The van der Waals surface area contributed by atoms with Gasteiger partial charge in [-0.1, -0.05) is 48.5 Å². The van der Waals surface area contributed by atoms with Crippen molar-refractivity contribution in [3.05, 3.63) is 101 Å². The van der Waals surface area contributed by atoms with Crippen molar-refractivity contribution in [2.24, 2.45) is 0 Å². The summed E-state index contributed by atoms with van der Waals surface area (Å²) in [5.74, 6) is -0.331. The maximum absolute atomic E-state index is 13.7. The molecule has 1 aromatic heterocycles. The van der Waals surface area contributed by atoms with Gasteiger partial charge in [0.25, 0.3) is 0 Å². The van der Waals surface area contributed by atoms with Crippen LogP contribution in [0.2, 0.25) is 0 Å². The molecule has 0 unspecified atom stereocenters. The van der Waals surface area contributed by atoms with Crippen molar-refractivity contribution in [1.29, 1.82) is 0 Å². The van der Waals surface area contributed by atoms with Crippen LogP contribution in [0.25, 0.3) is 10.9 Å². The van der Waals surface area contributed by atoms with Crippen molar-refractivity contribution < 1.29 is 27.5 Å². The van der Waals surface area contributed by atoms with Gasteiger partial charge in [-0.2, -0.15) is 13.2 Å². The number of benzene rings is 3. The minimum Gasteiger partial charge on any atom is -0.383 e. The number of H-pyrrole nitrogens is 1. The van der Waals surface area contributed by atoms with Gasteiger partial charge in [0.2, 0.25) is 5.91 Å². The second-order valence-electron chi connectivity index (χ2n) is 10.2. The first-order chi connectivity index (χ1) is 20.1. The van der Waals surface area contributed by atoms with E-state index in [0.29, 0.717) is 24.2 Å². The zero-order valence-corrected chi connectivity index (χ0v) is 23.9. The number of nitrogens with one attached hydrogen (secondary N) is 2. The highest BCUT2D eigenvalue weighted by Gasteiger charge is 2.30. The average Bonchev–Trinajstić information content (AvgIpc) is 3.38. The van der Waals surface area contributed by atoms with E-state index in [9.17, 15) is 22.8 Å². The predicted octanol–water partition coefficient (Wildman–Crippen LogP) is 6.56. The summed E-state index contributed by atoms with van der Waals surface area (Å²) in [6.45, 7) is 4.35. The van der Waals surface area contributed by atoms with Gasteiger partial charge in [0.05, 0.1) is 12.2 Å². The van der Waals surface area contributed by atoms with Gasteiger partial charge in [-0.3, -0.25) is 4.79 Å². The highest BCUT2D eigenvalue weighted by molar-refractivity contribution is 5.93. The Morgan fingerprint density at radius 2 is 1.60 bits per heavy atom. The van der Waals surface area contributed by atoms with Gasteiger partial charge >= 0.3 is 12.2 Å².